The molecule has 0 fully saturated rings. The highest BCUT2D eigenvalue weighted by molar-refractivity contribution is 7.93. The average Bonchev–Trinajstić information content (AvgIpc) is 3.60. The molecule has 1 atom stereocenters. The van der Waals surface area contributed by atoms with Crippen LogP contribution >= 0.6 is 11.3 Å². The minimum Gasteiger partial charge on any atom is -0.491 e. The average molecular weight is 618 g/mol. The maximum atomic E-state index is 14.0. The van der Waals surface area contributed by atoms with E-state index in [0.717, 1.165) is 52.9 Å². The van der Waals surface area contributed by atoms with Crippen molar-refractivity contribution in [3.63, 3.8) is 0 Å². The van der Waals surface area contributed by atoms with Gasteiger partial charge in [0, 0.05) is 17.7 Å². The number of non-ortho nitro benzene ring substituents is 1. The monoisotopic (exact) mass is 617 g/mol. The molecule has 0 saturated heterocycles. The van der Waals surface area contributed by atoms with Crippen LogP contribution in [0.2, 0.25) is 0 Å². The van der Waals surface area contributed by atoms with Crippen molar-refractivity contribution in [2.24, 2.45) is 0 Å². The molecule has 2 heterocycles. The normalized spacial score (nSPS) is 15.3. The lowest BCUT2D eigenvalue weighted by molar-refractivity contribution is -0.384. The molecule has 3 aromatic carbocycles. The molecule has 220 valence electrons. The molecule has 1 unspecified atom stereocenters. The predicted octanol–water partition coefficient (Wildman–Crippen LogP) is 6.19. The van der Waals surface area contributed by atoms with Gasteiger partial charge in [0.25, 0.3) is 11.6 Å². The number of hydrogen-bond donors (Lipinski definition) is 0. The topological polar surface area (TPSA) is 137 Å². The first-order valence-corrected chi connectivity index (χ1v) is 15.5. The number of thiazole rings is 1. The van der Waals surface area contributed by atoms with Crippen LogP contribution in [0.1, 0.15) is 52.9 Å². The molecule has 0 bridgehead atoms. The SMILES string of the molecule is COC1=C(C(=O)c2ccc(C)cc2)C(c2ccc(C(C)C)cc2)N(c2ncc(S(=O)(=O)c3ccc([N+](=O)[O-])cc3)s2)C1=O. The number of carbonyl (C=O) groups is 2. The number of hydrogen-bond acceptors (Lipinski definition) is 9. The Bertz CT molecular complexity index is 1860. The molecule has 4 aromatic rings. The minimum absolute atomic E-state index is 0.0460. The Labute approximate surface area is 252 Å². The molecule has 0 radical (unpaired) electrons. The van der Waals surface area contributed by atoms with Crippen molar-refractivity contribution in [2.45, 2.75) is 41.8 Å². The molecular weight excluding hydrogens is 590 g/mol. The molecule has 1 aliphatic rings. The van der Waals surface area contributed by atoms with Crippen molar-refractivity contribution in [1.82, 2.24) is 4.98 Å². The van der Waals surface area contributed by atoms with Gasteiger partial charge in [0.1, 0.15) is 4.21 Å². The summed E-state index contributed by atoms with van der Waals surface area (Å²) in [4.78, 5) is 43.6. The fraction of sp³-hybridized carbons (Fsp3) is 0.194. The lowest BCUT2D eigenvalue weighted by Crippen LogP contribution is -2.31. The molecule has 43 heavy (non-hydrogen) atoms. The van der Waals surface area contributed by atoms with Gasteiger partial charge < -0.3 is 4.74 Å². The van der Waals surface area contributed by atoms with Crippen LogP contribution < -0.4 is 4.90 Å². The molecule has 0 saturated carbocycles. The van der Waals surface area contributed by atoms with Gasteiger partial charge in [0.05, 0.1) is 34.7 Å². The molecule has 1 aliphatic heterocycles. The second kappa shape index (κ2) is 11.5. The van der Waals surface area contributed by atoms with E-state index in [1.807, 2.05) is 31.2 Å². The zero-order valence-corrected chi connectivity index (χ0v) is 25.3. The van der Waals surface area contributed by atoms with Crippen LogP contribution in [0.3, 0.4) is 0 Å². The first-order chi connectivity index (χ1) is 20.4. The third kappa shape index (κ3) is 5.46. The Balaban J connectivity index is 1.61. The first-order valence-electron chi connectivity index (χ1n) is 13.2. The molecule has 10 nitrogen and oxygen atoms in total. The maximum Gasteiger partial charge on any atom is 0.296 e. The number of ketones is 1. The number of rotatable bonds is 9. The van der Waals surface area contributed by atoms with Crippen molar-refractivity contribution in [2.75, 3.05) is 12.0 Å². The Hall–Kier alpha value is -4.68. The zero-order chi connectivity index (χ0) is 31.1. The van der Waals surface area contributed by atoms with E-state index < -0.39 is 32.5 Å². The number of carbonyl (C=O) groups excluding carboxylic acids is 2. The fourth-order valence-electron chi connectivity index (χ4n) is 4.81. The Morgan fingerprint density at radius 3 is 2.21 bits per heavy atom. The highest BCUT2D eigenvalue weighted by Crippen LogP contribution is 2.45. The summed E-state index contributed by atoms with van der Waals surface area (Å²) in [6.45, 7) is 6.01. The van der Waals surface area contributed by atoms with Gasteiger partial charge in [-0.05, 0) is 36.1 Å². The van der Waals surface area contributed by atoms with Gasteiger partial charge in [-0.15, -0.1) is 0 Å². The van der Waals surface area contributed by atoms with Crippen LogP contribution in [0.4, 0.5) is 10.8 Å². The summed E-state index contributed by atoms with van der Waals surface area (Å²) < 4.78 is 32.1. The smallest absolute Gasteiger partial charge is 0.296 e. The number of anilines is 1. The van der Waals surface area contributed by atoms with Crippen molar-refractivity contribution in [3.05, 3.63) is 123 Å². The first kappa shape index (κ1) is 29.8. The molecule has 0 aliphatic carbocycles. The van der Waals surface area contributed by atoms with Gasteiger partial charge in [0.2, 0.25) is 9.84 Å². The van der Waals surface area contributed by atoms with E-state index in [9.17, 15) is 28.1 Å². The van der Waals surface area contributed by atoms with Gasteiger partial charge in [0.15, 0.2) is 16.7 Å². The Kier molecular flexibility index (Phi) is 8.00. The van der Waals surface area contributed by atoms with Crippen LogP contribution in [0.5, 0.6) is 0 Å². The van der Waals surface area contributed by atoms with E-state index in [-0.39, 0.29) is 37.2 Å². The molecule has 12 heteroatoms. The number of nitrogens with zero attached hydrogens (tertiary/aromatic N) is 3. The van der Waals surface area contributed by atoms with E-state index in [2.05, 4.69) is 18.8 Å². The molecule has 5 rings (SSSR count). The lowest BCUT2D eigenvalue weighted by Gasteiger charge is -2.25. The van der Waals surface area contributed by atoms with Crippen LogP contribution in [0.25, 0.3) is 0 Å². The van der Waals surface area contributed by atoms with Crippen molar-refractivity contribution in [3.8, 4) is 0 Å². The van der Waals surface area contributed by atoms with Crippen LogP contribution in [-0.4, -0.2) is 37.1 Å². The van der Waals surface area contributed by atoms with Crippen LogP contribution in [0, 0.1) is 17.0 Å². The molecular formula is C31H27N3O7S2. The number of aryl methyl sites for hydroxylation is 1. The summed E-state index contributed by atoms with van der Waals surface area (Å²) in [5.74, 6) is -0.941. The van der Waals surface area contributed by atoms with Gasteiger partial charge in [-0.2, -0.15) is 0 Å². The lowest BCUT2D eigenvalue weighted by atomic mass is 9.91. The van der Waals surface area contributed by atoms with Gasteiger partial charge in [-0.1, -0.05) is 79.3 Å². The van der Waals surface area contributed by atoms with E-state index in [4.69, 9.17) is 4.74 Å². The van der Waals surface area contributed by atoms with Crippen molar-refractivity contribution in [1.29, 1.82) is 0 Å². The number of nitro benzene ring substituents is 1. The summed E-state index contributed by atoms with van der Waals surface area (Å²) in [5.41, 5.74) is 2.88. The summed E-state index contributed by atoms with van der Waals surface area (Å²) >= 11 is 0.755. The van der Waals surface area contributed by atoms with E-state index in [0.29, 0.717) is 11.1 Å². The third-order valence-corrected chi connectivity index (χ3v) is 10.4. The number of aromatic nitrogens is 1. The maximum absolute atomic E-state index is 14.0. The van der Waals surface area contributed by atoms with Gasteiger partial charge in [-0.25, -0.2) is 13.4 Å². The summed E-state index contributed by atoms with van der Waals surface area (Å²) in [7, 11) is -2.81. The number of sulfone groups is 1. The van der Waals surface area contributed by atoms with E-state index in [1.165, 1.54) is 12.0 Å². The summed E-state index contributed by atoms with van der Waals surface area (Å²) in [6, 6.07) is 18.1. The summed E-state index contributed by atoms with van der Waals surface area (Å²) in [6.07, 6.45) is 1.13. The van der Waals surface area contributed by atoms with Crippen molar-refractivity contribution < 1.29 is 27.7 Å². The fourth-order valence-corrected chi connectivity index (χ4v) is 7.35. The van der Waals surface area contributed by atoms with Crippen LogP contribution in [-0.2, 0) is 19.4 Å². The quantitative estimate of drug-likeness (QED) is 0.123. The van der Waals surface area contributed by atoms with E-state index in [1.54, 1.807) is 24.3 Å². The Morgan fingerprint density at radius 1 is 1.02 bits per heavy atom. The summed E-state index contributed by atoms with van der Waals surface area (Å²) in [5, 5.41) is 11.1. The van der Waals surface area contributed by atoms with Gasteiger partial charge >= 0.3 is 0 Å². The second-order valence-corrected chi connectivity index (χ2v) is 13.4. The molecule has 0 N–H and O–H groups in total. The standard InChI is InChI=1S/C31H27N3O7S2/c1-18(2)20-9-11-21(12-10-20)27-26(28(35)22-7-5-19(3)6-8-22)29(41-4)30(36)33(27)31-32-17-25(42-31)43(39,40)24-15-13-23(14-16-24)34(37)38/h5-18,27H,1-4H3. The zero-order valence-electron chi connectivity index (χ0n) is 23.7. The highest BCUT2D eigenvalue weighted by Gasteiger charge is 2.47. The molecule has 0 spiro atoms. The number of ether oxygens (including phenoxy) is 1. The molecule has 1 amide bonds. The largest absolute Gasteiger partial charge is 0.491 e. The second-order valence-electron chi connectivity index (χ2n) is 10.3. The number of nitro groups is 1. The number of amides is 1. The number of benzene rings is 3. The van der Waals surface area contributed by atoms with Gasteiger partial charge in [-0.3, -0.25) is 24.6 Å². The number of methoxy groups -OCH3 is 1. The Morgan fingerprint density at radius 2 is 1.65 bits per heavy atom. The number of Topliss-reactive ketones (excluding diaryl/α,β-unsaturated/α-hetero) is 1. The minimum atomic E-state index is -4.12. The third-order valence-electron chi connectivity index (χ3n) is 7.17. The molecule has 1 aromatic heterocycles. The predicted molar refractivity (Wildman–Crippen MR) is 161 cm³/mol. The highest BCUT2D eigenvalue weighted by atomic mass is 32.2. The van der Waals surface area contributed by atoms with E-state index >= 15 is 0 Å². The van der Waals surface area contributed by atoms with Crippen molar-refractivity contribution >= 4 is 43.7 Å². The van der Waals surface area contributed by atoms with Crippen LogP contribution in [0.15, 0.2) is 99.4 Å².